The molecule has 2 aromatic rings. The zero-order chi connectivity index (χ0) is 16.2. The van der Waals surface area contributed by atoms with Crippen molar-refractivity contribution < 1.29 is 9.18 Å². The van der Waals surface area contributed by atoms with Crippen molar-refractivity contribution in [1.29, 1.82) is 5.26 Å². The molecular formula is C18H16FN3O. The fourth-order valence-electron chi connectivity index (χ4n) is 2.80. The number of carbonyl (C=O) groups is 1. The van der Waals surface area contributed by atoms with Crippen LogP contribution in [0.3, 0.4) is 0 Å². The van der Waals surface area contributed by atoms with Gasteiger partial charge in [-0.2, -0.15) is 5.26 Å². The Balaban J connectivity index is 1.69. The molecule has 0 saturated carbocycles. The lowest BCUT2D eigenvalue weighted by atomic mass is 10.1. The Kier molecular flexibility index (Phi) is 4.24. The number of hydrogen-bond acceptors (Lipinski definition) is 3. The lowest BCUT2D eigenvalue weighted by molar-refractivity contribution is 0.0746. The molecule has 1 saturated heterocycles. The Labute approximate surface area is 134 Å². The molecule has 116 valence electrons. The second-order valence-corrected chi connectivity index (χ2v) is 5.42. The van der Waals surface area contributed by atoms with Gasteiger partial charge in [0.25, 0.3) is 5.91 Å². The van der Waals surface area contributed by atoms with Gasteiger partial charge in [0.15, 0.2) is 0 Å². The van der Waals surface area contributed by atoms with Crippen LogP contribution < -0.4 is 4.90 Å². The van der Waals surface area contributed by atoms with Crippen LogP contribution in [0, 0.1) is 17.1 Å². The molecule has 3 rings (SSSR count). The molecule has 4 nitrogen and oxygen atoms in total. The average molecular weight is 309 g/mol. The van der Waals surface area contributed by atoms with Crippen LogP contribution in [0.4, 0.5) is 10.1 Å². The average Bonchev–Trinajstić information content (AvgIpc) is 2.61. The highest BCUT2D eigenvalue weighted by Gasteiger charge is 2.23. The Hall–Kier alpha value is -2.87. The van der Waals surface area contributed by atoms with Gasteiger partial charge in [-0.25, -0.2) is 4.39 Å². The molecule has 1 fully saturated rings. The van der Waals surface area contributed by atoms with E-state index >= 15 is 0 Å². The number of halogens is 1. The summed E-state index contributed by atoms with van der Waals surface area (Å²) in [6.07, 6.45) is 0. The molecule has 1 amide bonds. The Morgan fingerprint density at radius 1 is 1.04 bits per heavy atom. The molecule has 1 heterocycles. The van der Waals surface area contributed by atoms with Crippen molar-refractivity contribution in [3.05, 3.63) is 65.5 Å². The minimum absolute atomic E-state index is 0.155. The van der Waals surface area contributed by atoms with E-state index in [9.17, 15) is 14.4 Å². The van der Waals surface area contributed by atoms with E-state index in [0.717, 1.165) is 5.69 Å². The zero-order valence-corrected chi connectivity index (χ0v) is 12.6. The zero-order valence-electron chi connectivity index (χ0n) is 12.6. The third-order valence-corrected chi connectivity index (χ3v) is 4.00. The predicted molar refractivity (Wildman–Crippen MR) is 85.7 cm³/mol. The van der Waals surface area contributed by atoms with E-state index in [2.05, 4.69) is 11.0 Å². The van der Waals surface area contributed by atoms with E-state index in [1.54, 1.807) is 23.1 Å². The highest BCUT2D eigenvalue weighted by Crippen LogP contribution is 2.21. The van der Waals surface area contributed by atoms with Crippen molar-refractivity contribution in [2.45, 2.75) is 0 Å². The van der Waals surface area contributed by atoms with Gasteiger partial charge in [-0.15, -0.1) is 0 Å². The van der Waals surface area contributed by atoms with Crippen molar-refractivity contribution in [3.63, 3.8) is 0 Å². The monoisotopic (exact) mass is 309 g/mol. The van der Waals surface area contributed by atoms with Gasteiger partial charge >= 0.3 is 0 Å². The van der Waals surface area contributed by atoms with Crippen molar-refractivity contribution in [1.82, 2.24) is 4.90 Å². The maximum Gasteiger partial charge on any atom is 0.254 e. The van der Waals surface area contributed by atoms with Gasteiger partial charge in [-0.3, -0.25) is 4.79 Å². The van der Waals surface area contributed by atoms with Crippen LogP contribution in [0.2, 0.25) is 0 Å². The SMILES string of the molecule is N#Cc1ccccc1N1CCN(C(=O)c2cccc(F)c2)CC1. The van der Waals surface area contributed by atoms with Crippen molar-refractivity contribution in [2.24, 2.45) is 0 Å². The summed E-state index contributed by atoms with van der Waals surface area (Å²) in [5.74, 6) is -0.560. The summed E-state index contributed by atoms with van der Waals surface area (Å²) in [6, 6.07) is 15.4. The van der Waals surface area contributed by atoms with Gasteiger partial charge in [-0.1, -0.05) is 18.2 Å². The first-order valence-electron chi connectivity index (χ1n) is 7.48. The first-order valence-corrected chi connectivity index (χ1v) is 7.48. The number of rotatable bonds is 2. The molecule has 1 aliphatic rings. The van der Waals surface area contributed by atoms with Crippen molar-refractivity contribution >= 4 is 11.6 Å². The first kappa shape index (κ1) is 15.0. The van der Waals surface area contributed by atoms with Crippen LogP contribution in [-0.4, -0.2) is 37.0 Å². The summed E-state index contributed by atoms with van der Waals surface area (Å²) in [6.45, 7) is 2.41. The van der Waals surface area contributed by atoms with Gasteiger partial charge < -0.3 is 9.80 Å². The van der Waals surface area contributed by atoms with E-state index in [1.165, 1.54) is 12.1 Å². The number of anilines is 1. The summed E-state index contributed by atoms with van der Waals surface area (Å²) < 4.78 is 13.3. The van der Waals surface area contributed by atoms with Gasteiger partial charge in [0, 0.05) is 31.7 Å². The maximum atomic E-state index is 13.3. The van der Waals surface area contributed by atoms with Crippen molar-refractivity contribution in [3.8, 4) is 6.07 Å². The molecule has 1 aliphatic heterocycles. The fraction of sp³-hybridized carbons (Fsp3) is 0.222. The smallest absolute Gasteiger partial charge is 0.254 e. The molecule has 23 heavy (non-hydrogen) atoms. The lowest BCUT2D eigenvalue weighted by Gasteiger charge is -2.36. The van der Waals surface area contributed by atoms with E-state index in [4.69, 9.17) is 0 Å². The van der Waals surface area contributed by atoms with Crippen LogP contribution in [0.25, 0.3) is 0 Å². The third kappa shape index (κ3) is 3.16. The highest BCUT2D eigenvalue weighted by molar-refractivity contribution is 5.94. The molecule has 0 atom stereocenters. The van der Waals surface area contributed by atoms with Crippen molar-refractivity contribution in [2.75, 3.05) is 31.1 Å². The topological polar surface area (TPSA) is 47.3 Å². The fourth-order valence-corrected chi connectivity index (χ4v) is 2.80. The largest absolute Gasteiger partial charge is 0.367 e. The summed E-state index contributed by atoms with van der Waals surface area (Å²) in [4.78, 5) is 16.2. The molecule has 0 aromatic heterocycles. The molecule has 2 aromatic carbocycles. The van der Waals surface area contributed by atoms with E-state index in [1.807, 2.05) is 18.2 Å². The van der Waals surface area contributed by atoms with E-state index in [-0.39, 0.29) is 5.91 Å². The number of nitrogens with zero attached hydrogens (tertiary/aromatic N) is 3. The normalized spacial score (nSPS) is 14.4. The molecule has 0 aliphatic carbocycles. The van der Waals surface area contributed by atoms with Gasteiger partial charge in [-0.05, 0) is 30.3 Å². The number of amides is 1. The second-order valence-electron chi connectivity index (χ2n) is 5.42. The van der Waals surface area contributed by atoms with Crippen LogP contribution >= 0.6 is 0 Å². The molecule has 0 unspecified atom stereocenters. The quantitative estimate of drug-likeness (QED) is 0.857. The van der Waals surface area contributed by atoms with Crippen LogP contribution in [-0.2, 0) is 0 Å². The number of carbonyl (C=O) groups excluding carboxylic acids is 1. The van der Waals surface area contributed by atoms with Gasteiger partial charge in [0.1, 0.15) is 11.9 Å². The number of hydrogen-bond donors (Lipinski definition) is 0. The van der Waals surface area contributed by atoms with E-state index < -0.39 is 5.82 Å². The van der Waals surface area contributed by atoms with Gasteiger partial charge in [0.05, 0.1) is 11.3 Å². The summed E-state index contributed by atoms with van der Waals surface area (Å²) in [5, 5.41) is 9.19. The molecule has 0 bridgehead atoms. The first-order chi connectivity index (χ1) is 11.2. The standard InChI is InChI=1S/C18H16FN3O/c19-16-6-3-5-14(12-16)18(23)22-10-8-21(9-11-22)17-7-2-1-4-15(17)13-20/h1-7,12H,8-11H2. The summed E-state index contributed by atoms with van der Waals surface area (Å²) in [7, 11) is 0. The number of para-hydroxylation sites is 1. The minimum Gasteiger partial charge on any atom is -0.367 e. The molecule has 5 heteroatoms. The maximum absolute atomic E-state index is 13.3. The predicted octanol–water partition coefficient (Wildman–Crippen LogP) is 2.66. The Morgan fingerprint density at radius 2 is 1.78 bits per heavy atom. The summed E-state index contributed by atoms with van der Waals surface area (Å²) >= 11 is 0. The van der Waals surface area contributed by atoms with Crippen LogP contribution in [0.15, 0.2) is 48.5 Å². The second kappa shape index (κ2) is 6.49. The molecule has 0 radical (unpaired) electrons. The van der Waals surface area contributed by atoms with Gasteiger partial charge in [0.2, 0.25) is 0 Å². The van der Waals surface area contributed by atoms with Crippen LogP contribution in [0.5, 0.6) is 0 Å². The minimum atomic E-state index is -0.405. The molecule has 0 spiro atoms. The highest BCUT2D eigenvalue weighted by atomic mass is 19.1. The lowest BCUT2D eigenvalue weighted by Crippen LogP contribution is -2.49. The van der Waals surface area contributed by atoms with Crippen LogP contribution in [0.1, 0.15) is 15.9 Å². The molecular weight excluding hydrogens is 293 g/mol. The Bertz CT molecular complexity index is 761. The number of piperazine rings is 1. The third-order valence-electron chi connectivity index (χ3n) is 4.00. The Morgan fingerprint density at radius 3 is 2.48 bits per heavy atom. The summed E-state index contributed by atoms with van der Waals surface area (Å²) in [5.41, 5.74) is 1.90. The van der Waals surface area contributed by atoms with E-state index in [0.29, 0.717) is 37.3 Å². The molecule has 0 N–H and O–H groups in total. The number of benzene rings is 2. The number of nitriles is 1.